The molecule has 0 fully saturated rings. The first kappa shape index (κ1) is 11.8. The van der Waals surface area contributed by atoms with Crippen LogP contribution < -0.4 is 0 Å². The first-order chi connectivity index (χ1) is 3.77. The quantitative estimate of drug-likeness (QED) is 0.420. The molecular formula is C6H11Cl2N. The molecule has 3 heteroatoms. The van der Waals surface area contributed by atoms with E-state index in [0.29, 0.717) is 5.88 Å². The molecule has 0 bridgehead atoms. The van der Waals surface area contributed by atoms with Gasteiger partial charge in [-0.2, -0.15) is 0 Å². The second kappa shape index (κ2) is 8.10. The Morgan fingerprint density at radius 2 is 1.89 bits per heavy atom. The molecule has 0 radical (unpaired) electrons. The summed E-state index contributed by atoms with van der Waals surface area (Å²) in [6, 6.07) is 0. The highest BCUT2D eigenvalue weighted by Crippen LogP contribution is 1.71. The van der Waals surface area contributed by atoms with Gasteiger partial charge in [-0.25, -0.2) is 0 Å². The van der Waals surface area contributed by atoms with Crippen LogP contribution >= 0.6 is 24.0 Å². The van der Waals surface area contributed by atoms with Gasteiger partial charge < -0.3 is 0 Å². The topological polar surface area (TPSA) is 3.24 Å². The van der Waals surface area contributed by atoms with E-state index < -0.39 is 0 Å². The monoisotopic (exact) mass is 167 g/mol. The highest BCUT2D eigenvalue weighted by molar-refractivity contribution is 6.19. The van der Waals surface area contributed by atoms with Crippen molar-refractivity contribution >= 4 is 24.0 Å². The predicted molar refractivity (Wildman–Crippen MR) is 44.3 cm³/mol. The minimum atomic E-state index is 0. The summed E-state index contributed by atoms with van der Waals surface area (Å²) in [6.07, 6.45) is 0. The lowest BCUT2D eigenvalue weighted by Crippen LogP contribution is -2.10. The lowest BCUT2D eigenvalue weighted by atomic mass is 10.6. The normalized spacial score (nSPS) is 7.56. The van der Waals surface area contributed by atoms with Crippen molar-refractivity contribution in [1.29, 1.82) is 0 Å². The summed E-state index contributed by atoms with van der Waals surface area (Å²) in [6.45, 7) is 0.798. The molecule has 0 amide bonds. The zero-order valence-corrected chi connectivity index (χ0v) is 7.22. The minimum absolute atomic E-state index is 0. The summed E-state index contributed by atoms with van der Waals surface area (Å²) < 4.78 is 0. The lowest BCUT2D eigenvalue weighted by molar-refractivity contribution is 0.464. The molecule has 0 heterocycles. The molecular weight excluding hydrogens is 157 g/mol. The van der Waals surface area contributed by atoms with E-state index in [1.165, 1.54) is 0 Å². The Hall–Kier alpha value is 0.100. The Balaban J connectivity index is 0. The summed E-state index contributed by atoms with van der Waals surface area (Å²) in [5, 5.41) is 0. The molecule has 0 aromatic carbocycles. The van der Waals surface area contributed by atoms with Crippen molar-refractivity contribution in [3.8, 4) is 11.8 Å². The van der Waals surface area contributed by atoms with Gasteiger partial charge in [-0.05, 0) is 14.1 Å². The van der Waals surface area contributed by atoms with Gasteiger partial charge in [0.05, 0.1) is 12.4 Å². The average Bonchev–Trinajstić information content (AvgIpc) is 1.66. The first-order valence-corrected chi connectivity index (χ1v) is 2.97. The fraction of sp³-hybridized carbons (Fsp3) is 0.667. The van der Waals surface area contributed by atoms with Crippen molar-refractivity contribution in [2.75, 3.05) is 26.5 Å². The van der Waals surface area contributed by atoms with Crippen LogP contribution in [0, 0.1) is 11.8 Å². The molecule has 1 nitrogen and oxygen atoms in total. The van der Waals surface area contributed by atoms with Crippen molar-refractivity contribution in [2.24, 2.45) is 0 Å². The summed E-state index contributed by atoms with van der Waals surface area (Å²) in [5.41, 5.74) is 0. The van der Waals surface area contributed by atoms with Gasteiger partial charge >= 0.3 is 0 Å². The van der Waals surface area contributed by atoms with E-state index in [9.17, 15) is 0 Å². The van der Waals surface area contributed by atoms with E-state index in [0.717, 1.165) is 6.54 Å². The first-order valence-electron chi connectivity index (χ1n) is 2.44. The van der Waals surface area contributed by atoms with Gasteiger partial charge in [-0.15, -0.1) is 24.0 Å². The fourth-order valence-corrected chi connectivity index (χ4v) is 0.356. The van der Waals surface area contributed by atoms with Gasteiger partial charge in [0.2, 0.25) is 0 Å². The third-order valence-electron chi connectivity index (χ3n) is 0.587. The van der Waals surface area contributed by atoms with E-state index in [1.54, 1.807) is 0 Å². The van der Waals surface area contributed by atoms with Crippen LogP contribution in [-0.2, 0) is 0 Å². The molecule has 0 saturated heterocycles. The van der Waals surface area contributed by atoms with Crippen LogP contribution in [0.4, 0.5) is 0 Å². The Morgan fingerprint density at radius 3 is 2.22 bits per heavy atom. The van der Waals surface area contributed by atoms with Gasteiger partial charge in [-0.3, -0.25) is 4.90 Å². The molecule has 0 spiro atoms. The second-order valence-electron chi connectivity index (χ2n) is 1.72. The van der Waals surface area contributed by atoms with E-state index in [-0.39, 0.29) is 12.4 Å². The molecule has 54 valence electrons. The zero-order valence-electron chi connectivity index (χ0n) is 5.65. The molecule has 0 aliphatic heterocycles. The predicted octanol–water partition coefficient (Wildman–Crippen LogP) is 1.21. The molecule has 0 aromatic heterocycles. The zero-order chi connectivity index (χ0) is 6.41. The molecule has 0 saturated carbocycles. The minimum Gasteiger partial charge on any atom is -0.299 e. The number of rotatable bonds is 1. The van der Waals surface area contributed by atoms with E-state index in [1.807, 2.05) is 19.0 Å². The lowest BCUT2D eigenvalue weighted by Gasteiger charge is -2.00. The van der Waals surface area contributed by atoms with Crippen molar-refractivity contribution in [1.82, 2.24) is 4.90 Å². The number of nitrogens with zero attached hydrogens (tertiary/aromatic N) is 1. The summed E-state index contributed by atoms with van der Waals surface area (Å²) in [5.74, 6) is 6.07. The molecule has 0 N–H and O–H groups in total. The average molecular weight is 168 g/mol. The third kappa shape index (κ3) is 11.6. The third-order valence-corrected chi connectivity index (χ3v) is 0.721. The van der Waals surface area contributed by atoms with Gasteiger partial charge in [0, 0.05) is 0 Å². The number of hydrogen-bond donors (Lipinski definition) is 0. The van der Waals surface area contributed by atoms with Gasteiger partial charge in [0.25, 0.3) is 0 Å². The summed E-state index contributed by atoms with van der Waals surface area (Å²) in [7, 11) is 3.95. The molecule has 0 aliphatic carbocycles. The maximum Gasteiger partial charge on any atom is 0.0835 e. The standard InChI is InChI=1S/C6H10ClN.ClH/c1-8(2)6-4-3-5-7;/h5-6H2,1-2H3;1H. The maximum atomic E-state index is 5.29. The molecule has 0 atom stereocenters. The highest BCUT2D eigenvalue weighted by Gasteiger charge is 1.77. The van der Waals surface area contributed by atoms with Gasteiger partial charge in [-0.1, -0.05) is 11.8 Å². The highest BCUT2D eigenvalue weighted by atomic mass is 35.5. The van der Waals surface area contributed by atoms with Crippen LogP contribution in [0.2, 0.25) is 0 Å². The van der Waals surface area contributed by atoms with Crippen LogP contribution in [0.15, 0.2) is 0 Å². The number of alkyl halides is 1. The van der Waals surface area contributed by atoms with Gasteiger partial charge in [0.1, 0.15) is 0 Å². The van der Waals surface area contributed by atoms with Crippen molar-refractivity contribution < 1.29 is 0 Å². The number of halogens is 2. The van der Waals surface area contributed by atoms with Crippen LogP contribution in [0.3, 0.4) is 0 Å². The van der Waals surface area contributed by atoms with Gasteiger partial charge in [0.15, 0.2) is 0 Å². The van der Waals surface area contributed by atoms with Crippen molar-refractivity contribution in [2.45, 2.75) is 0 Å². The van der Waals surface area contributed by atoms with E-state index in [2.05, 4.69) is 11.8 Å². The SMILES string of the molecule is CN(C)CC#CCCl.Cl. The summed E-state index contributed by atoms with van der Waals surface area (Å²) >= 11 is 5.29. The van der Waals surface area contributed by atoms with Crippen LogP contribution in [-0.4, -0.2) is 31.4 Å². The molecule has 0 rings (SSSR count). The fourth-order valence-electron chi connectivity index (χ4n) is 0.261. The molecule has 0 aliphatic rings. The van der Waals surface area contributed by atoms with Crippen LogP contribution in [0.5, 0.6) is 0 Å². The smallest absolute Gasteiger partial charge is 0.0835 e. The largest absolute Gasteiger partial charge is 0.299 e. The van der Waals surface area contributed by atoms with E-state index >= 15 is 0 Å². The van der Waals surface area contributed by atoms with Crippen molar-refractivity contribution in [3.05, 3.63) is 0 Å². The maximum absolute atomic E-state index is 5.29. The molecule has 0 unspecified atom stereocenters. The number of hydrogen-bond acceptors (Lipinski definition) is 1. The van der Waals surface area contributed by atoms with Crippen LogP contribution in [0.25, 0.3) is 0 Å². The Kier molecular flexibility index (Phi) is 10.7. The Labute approximate surface area is 67.8 Å². The molecule has 9 heavy (non-hydrogen) atoms. The Bertz CT molecular complexity index is 101. The van der Waals surface area contributed by atoms with Crippen molar-refractivity contribution in [3.63, 3.8) is 0 Å². The summed E-state index contributed by atoms with van der Waals surface area (Å²) in [4.78, 5) is 2.00. The Morgan fingerprint density at radius 1 is 1.33 bits per heavy atom. The second-order valence-corrected chi connectivity index (χ2v) is 1.99. The molecule has 0 aromatic rings. The van der Waals surface area contributed by atoms with E-state index in [4.69, 9.17) is 11.6 Å². The van der Waals surface area contributed by atoms with Crippen LogP contribution in [0.1, 0.15) is 0 Å².